The molecule has 0 saturated heterocycles. The average molecular weight is 334 g/mol. The second-order valence-electron chi connectivity index (χ2n) is 4.59. The summed E-state index contributed by atoms with van der Waals surface area (Å²) in [4.78, 5) is 33.5. The van der Waals surface area contributed by atoms with Crippen LogP contribution in [0.25, 0.3) is 0 Å². The van der Waals surface area contributed by atoms with Gasteiger partial charge in [0.25, 0.3) is 11.6 Å². The molecule has 2 N–H and O–H groups in total. The van der Waals surface area contributed by atoms with Crippen LogP contribution in [-0.2, 0) is 11.3 Å². The maximum atomic E-state index is 12.2. The molecule has 0 fully saturated rings. The van der Waals surface area contributed by atoms with Crippen LogP contribution in [0.3, 0.4) is 0 Å². The summed E-state index contributed by atoms with van der Waals surface area (Å²) < 4.78 is 6.18. The lowest BCUT2D eigenvalue weighted by Gasteiger charge is -2.09. The minimum Gasteiger partial charge on any atom is -0.494 e. The molecule has 0 radical (unpaired) electrons. The molecule has 2 rings (SSSR count). The number of carboxylic acids is 1. The van der Waals surface area contributed by atoms with E-state index in [0.29, 0.717) is 12.4 Å². The topological polar surface area (TPSA) is 137 Å². The van der Waals surface area contributed by atoms with E-state index >= 15 is 0 Å². The summed E-state index contributed by atoms with van der Waals surface area (Å²) in [6.07, 6.45) is 1.27. The van der Waals surface area contributed by atoms with E-state index in [1.807, 2.05) is 0 Å². The van der Waals surface area contributed by atoms with E-state index in [0.717, 1.165) is 4.68 Å². The molecule has 0 aliphatic heterocycles. The van der Waals surface area contributed by atoms with Gasteiger partial charge < -0.3 is 15.2 Å². The maximum absolute atomic E-state index is 12.2. The molecule has 10 nitrogen and oxygen atoms in total. The van der Waals surface area contributed by atoms with Gasteiger partial charge in [0.1, 0.15) is 23.7 Å². The molecule has 2 aromatic rings. The molecule has 1 aromatic carbocycles. The second kappa shape index (κ2) is 7.22. The molecule has 10 heteroatoms. The molecule has 0 bridgehead atoms. The molecular weight excluding hydrogens is 320 g/mol. The van der Waals surface area contributed by atoms with Crippen LogP contribution in [0.4, 0.5) is 11.4 Å². The van der Waals surface area contributed by atoms with Gasteiger partial charge in [0.2, 0.25) is 0 Å². The van der Waals surface area contributed by atoms with Gasteiger partial charge in [-0.05, 0) is 25.1 Å². The van der Waals surface area contributed by atoms with E-state index in [9.17, 15) is 19.7 Å². The van der Waals surface area contributed by atoms with Crippen molar-refractivity contribution >= 4 is 23.3 Å². The Bertz CT molecular complexity index is 785. The Balaban J connectivity index is 2.27. The SMILES string of the molecule is CCOc1ccc(NC(=O)c2ccnn2CC(=O)O)c([N+](=O)[O-])c1. The Kier molecular flexibility index (Phi) is 5.09. The number of benzene rings is 1. The summed E-state index contributed by atoms with van der Waals surface area (Å²) in [5.41, 5.74) is -0.393. The highest BCUT2D eigenvalue weighted by atomic mass is 16.6. The Morgan fingerprint density at radius 2 is 2.17 bits per heavy atom. The van der Waals surface area contributed by atoms with Crippen molar-refractivity contribution in [2.75, 3.05) is 11.9 Å². The normalized spacial score (nSPS) is 10.2. The van der Waals surface area contributed by atoms with Crippen molar-refractivity contribution in [3.8, 4) is 5.75 Å². The fourth-order valence-corrected chi connectivity index (χ4v) is 1.99. The zero-order valence-corrected chi connectivity index (χ0v) is 12.6. The molecule has 126 valence electrons. The minimum absolute atomic E-state index is 0.0272. The monoisotopic (exact) mass is 334 g/mol. The van der Waals surface area contributed by atoms with Crippen LogP contribution in [0.15, 0.2) is 30.5 Å². The van der Waals surface area contributed by atoms with E-state index in [1.165, 1.54) is 30.5 Å². The van der Waals surface area contributed by atoms with Crippen LogP contribution in [0.5, 0.6) is 5.75 Å². The maximum Gasteiger partial charge on any atom is 0.325 e. The zero-order chi connectivity index (χ0) is 17.7. The third-order valence-corrected chi connectivity index (χ3v) is 2.96. The third kappa shape index (κ3) is 3.85. The molecule has 1 aromatic heterocycles. The van der Waals surface area contributed by atoms with Crippen molar-refractivity contribution in [3.05, 3.63) is 46.3 Å². The lowest BCUT2D eigenvalue weighted by Crippen LogP contribution is -2.21. The number of nitrogens with zero attached hydrogens (tertiary/aromatic N) is 3. The van der Waals surface area contributed by atoms with Crippen LogP contribution in [0.2, 0.25) is 0 Å². The number of ether oxygens (including phenoxy) is 1. The Morgan fingerprint density at radius 1 is 1.42 bits per heavy atom. The average Bonchev–Trinajstić information content (AvgIpc) is 2.96. The van der Waals surface area contributed by atoms with Crippen LogP contribution in [0.1, 0.15) is 17.4 Å². The number of carbonyl (C=O) groups is 2. The number of carbonyl (C=O) groups excluding carboxylic acids is 1. The van der Waals surface area contributed by atoms with Crippen LogP contribution in [-0.4, -0.2) is 38.3 Å². The molecular formula is C14H14N4O6. The van der Waals surface area contributed by atoms with Crippen molar-refractivity contribution in [1.82, 2.24) is 9.78 Å². The fourth-order valence-electron chi connectivity index (χ4n) is 1.99. The number of nitro benzene ring substituents is 1. The summed E-state index contributed by atoms with van der Waals surface area (Å²) >= 11 is 0. The smallest absolute Gasteiger partial charge is 0.325 e. The lowest BCUT2D eigenvalue weighted by molar-refractivity contribution is -0.384. The number of aliphatic carboxylic acids is 1. The van der Waals surface area contributed by atoms with Crippen molar-refractivity contribution in [3.63, 3.8) is 0 Å². The fraction of sp³-hybridized carbons (Fsp3) is 0.214. The minimum atomic E-state index is -1.17. The summed E-state index contributed by atoms with van der Waals surface area (Å²) in [6.45, 7) is 1.59. The predicted molar refractivity (Wildman–Crippen MR) is 82.1 cm³/mol. The molecule has 0 aliphatic rings. The van der Waals surface area contributed by atoms with Crippen LogP contribution >= 0.6 is 0 Å². The van der Waals surface area contributed by atoms with Crippen LogP contribution < -0.4 is 10.1 Å². The number of anilines is 1. The number of amides is 1. The highest BCUT2D eigenvalue weighted by molar-refractivity contribution is 6.04. The van der Waals surface area contributed by atoms with Crippen molar-refractivity contribution in [2.45, 2.75) is 13.5 Å². The zero-order valence-electron chi connectivity index (χ0n) is 12.6. The first-order valence-corrected chi connectivity index (χ1v) is 6.88. The van der Waals surface area contributed by atoms with Gasteiger partial charge >= 0.3 is 5.97 Å². The van der Waals surface area contributed by atoms with Gasteiger partial charge in [-0.3, -0.25) is 19.7 Å². The number of nitrogens with one attached hydrogen (secondary N) is 1. The van der Waals surface area contributed by atoms with Gasteiger partial charge in [0, 0.05) is 6.20 Å². The van der Waals surface area contributed by atoms with E-state index < -0.39 is 23.3 Å². The van der Waals surface area contributed by atoms with Gasteiger partial charge in [0.15, 0.2) is 0 Å². The Hall–Kier alpha value is -3.43. The number of aromatic nitrogens is 2. The molecule has 0 saturated carbocycles. The van der Waals surface area contributed by atoms with E-state index in [2.05, 4.69) is 10.4 Å². The summed E-state index contributed by atoms with van der Waals surface area (Å²) in [7, 11) is 0. The van der Waals surface area contributed by atoms with Crippen molar-refractivity contribution < 1.29 is 24.4 Å². The van der Waals surface area contributed by atoms with Gasteiger partial charge in [-0.25, -0.2) is 4.68 Å². The van der Waals surface area contributed by atoms with Crippen molar-refractivity contribution in [2.24, 2.45) is 0 Å². The summed E-state index contributed by atoms with van der Waals surface area (Å²) in [6, 6.07) is 5.35. The Labute approximate surface area is 135 Å². The molecule has 1 heterocycles. The number of hydrogen-bond acceptors (Lipinski definition) is 6. The third-order valence-electron chi connectivity index (χ3n) is 2.96. The molecule has 0 atom stereocenters. The first-order valence-electron chi connectivity index (χ1n) is 6.88. The first-order chi connectivity index (χ1) is 11.4. The number of hydrogen-bond donors (Lipinski definition) is 2. The van der Waals surface area contributed by atoms with Crippen LogP contribution in [0, 0.1) is 10.1 Å². The molecule has 0 aliphatic carbocycles. The largest absolute Gasteiger partial charge is 0.494 e. The number of rotatable bonds is 7. The Morgan fingerprint density at radius 3 is 2.79 bits per heavy atom. The summed E-state index contributed by atoms with van der Waals surface area (Å²) in [5.74, 6) is -1.57. The predicted octanol–water partition coefficient (Wildman–Crippen LogP) is 1.53. The molecule has 24 heavy (non-hydrogen) atoms. The van der Waals surface area contributed by atoms with E-state index in [1.54, 1.807) is 6.92 Å². The lowest BCUT2D eigenvalue weighted by atomic mass is 10.2. The number of nitro groups is 1. The van der Waals surface area contributed by atoms with Crippen molar-refractivity contribution in [1.29, 1.82) is 0 Å². The molecule has 0 spiro atoms. The van der Waals surface area contributed by atoms with E-state index in [-0.39, 0.29) is 17.1 Å². The van der Waals surface area contributed by atoms with E-state index in [4.69, 9.17) is 9.84 Å². The first kappa shape index (κ1) is 16.9. The van der Waals surface area contributed by atoms with Gasteiger partial charge in [-0.2, -0.15) is 5.10 Å². The molecule has 1 amide bonds. The van der Waals surface area contributed by atoms with Gasteiger partial charge in [-0.1, -0.05) is 0 Å². The van der Waals surface area contributed by atoms with Gasteiger partial charge in [-0.15, -0.1) is 0 Å². The van der Waals surface area contributed by atoms with Gasteiger partial charge in [0.05, 0.1) is 17.6 Å². The molecule has 0 unspecified atom stereocenters. The summed E-state index contributed by atoms with van der Waals surface area (Å²) in [5, 5.41) is 26.1. The highest BCUT2D eigenvalue weighted by Gasteiger charge is 2.20. The quantitative estimate of drug-likeness (QED) is 0.578. The number of carboxylic acid groups (broad SMARTS) is 1. The highest BCUT2D eigenvalue weighted by Crippen LogP contribution is 2.29. The standard InChI is InChI=1S/C14H14N4O6/c1-2-24-9-3-4-10(12(7-9)18(22)23)16-14(21)11-5-6-15-17(11)8-13(19)20/h3-7H,2,8H2,1H3,(H,16,21)(H,19,20). The second-order valence-corrected chi connectivity index (χ2v) is 4.59.